The molecule has 10 heavy (non-hydrogen) atoms. The average Bonchev–Trinajstić information content (AvgIpc) is 2.43. The molecule has 5 heteroatoms. The van der Waals surface area contributed by atoms with Gasteiger partial charge in [-0.15, -0.1) is 5.10 Å². The molecule has 1 N–H and O–H groups in total. The Balaban J connectivity index is 3.05. The van der Waals surface area contributed by atoms with Crippen LogP contribution in [-0.4, -0.2) is 27.1 Å². The summed E-state index contributed by atoms with van der Waals surface area (Å²) in [5.41, 5.74) is -0.243. The van der Waals surface area contributed by atoms with Crippen molar-refractivity contribution < 1.29 is 18.1 Å². The summed E-state index contributed by atoms with van der Waals surface area (Å²) < 4.78 is 45.8. The quantitative estimate of drug-likeness (QED) is 0.605. The second-order valence-electron chi connectivity index (χ2n) is 1.50. The highest BCUT2D eigenvalue weighted by atomic mass is 16.5. The van der Waals surface area contributed by atoms with Gasteiger partial charge in [0.2, 0.25) is 0 Å². The molecule has 0 amide bonds. The fourth-order valence-electron chi connectivity index (χ4n) is 0.502. The molecular formula is C5H9N3O2. The first-order valence-corrected chi connectivity index (χ1v) is 2.40. The van der Waals surface area contributed by atoms with Gasteiger partial charge in [0.25, 0.3) is 5.88 Å². The maximum atomic E-state index is 8.83. The number of aliphatic hydroxyl groups is 1. The van der Waals surface area contributed by atoms with Crippen LogP contribution in [0.5, 0.6) is 5.88 Å². The van der Waals surface area contributed by atoms with Crippen LogP contribution < -0.4 is 4.74 Å². The number of hydrogen-bond donors (Lipinski definition) is 1. The first-order chi connectivity index (χ1) is 7.13. The van der Waals surface area contributed by atoms with Crippen LogP contribution in [0.25, 0.3) is 0 Å². The van der Waals surface area contributed by atoms with E-state index in [2.05, 4.69) is 14.9 Å². The van der Waals surface area contributed by atoms with Crippen molar-refractivity contribution in [2.75, 3.05) is 7.04 Å². The zero-order valence-electron chi connectivity index (χ0n) is 10.9. The molecule has 0 aliphatic carbocycles. The van der Waals surface area contributed by atoms with E-state index in [1.807, 2.05) is 0 Å². The molecule has 5 nitrogen and oxygen atoms in total. The van der Waals surface area contributed by atoms with Gasteiger partial charge >= 0.3 is 0 Å². The van der Waals surface area contributed by atoms with E-state index in [4.69, 9.17) is 13.3 Å². The fraction of sp³-hybridized carbons (Fsp3) is 0.600. The molecule has 1 aromatic heterocycles. The van der Waals surface area contributed by atoms with Gasteiger partial charge in [0.05, 0.1) is 17.8 Å². The average molecular weight is 149 g/mol. The summed E-state index contributed by atoms with van der Waals surface area (Å²) in [7, 11) is -2.78. The molecule has 0 atom stereocenters. The molecule has 1 rings (SSSR count). The molecular weight excluding hydrogens is 134 g/mol. The van der Waals surface area contributed by atoms with Crippen molar-refractivity contribution >= 4 is 0 Å². The number of aryl methyl sites for hydroxylation is 1. The molecule has 56 valence electrons. The molecule has 0 radical (unpaired) electrons. The lowest BCUT2D eigenvalue weighted by atomic mass is 10.5. The van der Waals surface area contributed by atoms with Gasteiger partial charge in [-0.2, -0.15) is 9.90 Å². The lowest BCUT2D eigenvalue weighted by Gasteiger charge is -1.91. The second-order valence-corrected chi connectivity index (χ2v) is 1.50. The SMILES string of the molecule is [2H]C([2H])([2H])Oc1nn(C([2H])([2H])[2H])nc1CO. The highest BCUT2D eigenvalue weighted by molar-refractivity contribution is 5.13. The summed E-state index contributed by atoms with van der Waals surface area (Å²) in [5, 5.41) is 15.6. The molecule has 0 bridgehead atoms. The minimum absolute atomic E-state index is 0.243. The first kappa shape index (κ1) is 2.50. The lowest BCUT2D eigenvalue weighted by molar-refractivity contribution is 0.268. The Morgan fingerprint density at radius 3 is 3.30 bits per heavy atom. The van der Waals surface area contributed by atoms with E-state index in [9.17, 15) is 0 Å². The third kappa shape index (κ3) is 1.08. The van der Waals surface area contributed by atoms with Crippen LogP contribution in [0, 0.1) is 0 Å². The largest absolute Gasteiger partial charge is 0.479 e. The Hall–Kier alpha value is -1.10. The Bertz CT molecular complexity index is 369. The van der Waals surface area contributed by atoms with Crippen LogP contribution in [0.3, 0.4) is 0 Å². The fourth-order valence-corrected chi connectivity index (χ4v) is 0.502. The third-order valence-electron chi connectivity index (χ3n) is 0.894. The molecule has 1 heterocycles. The summed E-state index contributed by atoms with van der Waals surface area (Å²) in [6, 6.07) is 0. The van der Waals surface area contributed by atoms with Crippen LogP contribution >= 0.6 is 0 Å². The van der Waals surface area contributed by atoms with Gasteiger partial charge in [-0.05, 0) is 0 Å². The van der Waals surface area contributed by atoms with Crippen LogP contribution in [0.2, 0.25) is 0 Å². The molecule has 0 saturated carbocycles. The number of nitrogens with zero attached hydrogens (tertiary/aromatic N) is 3. The molecule has 0 fully saturated rings. The minimum atomic E-state index is -2.78. The van der Waals surface area contributed by atoms with Gasteiger partial charge in [0, 0.05) is 11.1 Å². The zero-order valence-corrected chi connectivity index (χ0v) is 4.90. The number of aromatic nitrogens is 3. The van der Waals surface area contributed by atoms with Crippen LogP contribution in [0.1, 0.15) is 13.9 Å². The van der Waals surface area contributed by atoms with Crippen molar-refractivity contribution in [3.63, 3.8) is 0 Å². The van der Waals surface area contributed by atoms with Crippen molar-refractivity contribution in [1.29, 1.82) is 0 Å². The van der Waals surface area contributed by atoms with Gasteiger partial charge in [0.15, 0.2) is 5.69 Å². The number of hydrogen-bond acceptors (Lipinski definition) is 4. The molecule has 0 unspecified atom stereocenters. The van der Waals surface area contributed by atoms with Crippen molar-refractivity contribution in [3.05, 3.63) is 5.69 Å². The maximum absolute atomic E-state index is 8.83. The molecule has 0 aliphatic heterocycles. The highest BCUT2D eigenvalue weighted by Crippen LogP contribution is 2.09. The number of methoxy groups -OCH3 is 1. The molecule has 1 aromatic rings. The Morgan fingerprint density at radius 1 is 1.80 bits per heavy atom. The lowest BCUT2D eigenvalue weighted by Crippen LogP contribution is -1.92. The standard InChI is InChI=1S/C5H9N3O2/c1-8-6-4(3-9)5(7-8)10-2/h9H,3H2,1-2H3/i1D3,2D3. The van der Waals surface area contributed by atoms with E-state index in [1.54, 1.807) is 0 Å². The van der Waals surface area contributed by atoms with Crippen LogP contribution in [0.15, 0.2) is 0 Å². The molecule has 0 saturated heterocycles. The molecule has 0 aromatic carbocycles. The zero-order chi connectivity index (χ0) is 12.6. The predicted octanol–water partition coefficient (Wildman–Crippen LogP) is -0.684. The predicted molar refractivity (Wildman–Crippen MR) is 33.5 cm³/mol. The van der Waals surface area contributed by atoms with Gasteiger partial charge in [-0.25, -0.2) is 0 Å². The van der Waals surface area contributed by atoms with Crippen LogP contribution in [0.4, 0.5) is 0 Å². The van der Waals surface area contributed by atoms with Crippen molar-refractivity contribution in [3.8, 4) is 5.88 Å². The second kappa shape index (κ2) is 2.66. The van der Waals surface area contributed by atoms with E-state index in [-0.39, 0.29) is 5.69 Å². The van der Waals surface area contributed by atoms with Crippen molar-refractivity contribution in [1.82, 2.24) is 15.0 Å². The number of rotatable bonds is 2. The summed E-state index contributed by atoms with van der Waals surface area (Å²) in [6.45, 7) is -3.32. The van der Waals surface area contributed by atoms with E-state index >= 15 is 0 Å². The van der Waals surface area contributed by atoms with E-state index in [1.165, 1.54) is 0 Å². The normalized spacial score (nSPS) is 21.3. The summed E-state index contributed by atoms with van der Waals surface area (Å²) >= 11 is 0. The van der Waals surface area contributed by atoms with Crippen molar-refractivity contribution in [2.45, 2.75) is 6.61 Å². The Labute approximate surface area is 66.7 Å². The van der Waals surface area contributed by atoms with Gasteiger partial charge < -0.3 is 9.84 Å². The van der Waals surface area contributed by atoms with Crippen LogP contribution in [-0.2, 0) is 13.6 Å². The minimum Gasteiger partial charge on any atom is -0.479 e. The summed E-state index contributed by atoms with van der Waals surface area (Å²) in [4.78, 5) is 0.319. The maximum Gasteiger partial charge on any atom is 0.258 e. The number of ether oxygens (including phenoxy) is 1. The van der Waals surface area contributed by atoms with E-state index < -0.39 is 26.5 Å². The smallest absolute Gasteiger partial charge is 0.258 e. The topological polar surface area (TPSA) is 60.2 Å². The van der Waals surface area contributed by atoms with Crippen molar-refractivity contribution in [2.24, 2.45) is 6.98 Å². The Morgan fingerprint density at radius 2 is 2.70 bits per heavy atom. The number of aliphatic hydroxyl groups excluding tert-OH is 1. The van der Waals surface area contributed by atoms with E-state index in [0.717, 1.165) is 0 Å². The monoisotopic (exact) mass is 149 g/mol. The summed E-state index contributed by atoms with van der Waals surface area (Å²) in [6.07, 6.45) is 0. The third-order valence-corrected chi connectivity index (χ3v) is 0.894. The first-order valence-electron chi connectivity index (χ1n) is 5.40. The molecule has 0 aliphatic rings. The van der Waals surface area contributed by atoms with Gasteiger partial charge in [0.1, 0.15) is 0 Å². The van der Waals surface area contributed by atoms with Gasteiger partial charge in [-0.3, -0.25) is 0 Å². The molecule has 0 spiro atoms. The highest BCUT2D eigenvalue weighted by Gasteiger charge is 2.06. The van der Waals surface area contributed by atoms with E-state index in [0.29, 0.717) is 4.80 Å². The Kier molecular flexibility index (Phi) is 0.665. The summed E-state index contributed by atoms with van der Waals surface area (Å²) in [5.74, 6) is -0.515. The van der Waals surface area contributed by atoms with Gasteiger partial charge in [-0.1, -0.05) is 0 Å².